The van der Waals surface area contributed by atoms with Gasteiger partial charge in [-0.15, -0.1) is 0 Å². The molecule has 1 aliphatic rings. The van der Waals surface area contributed by atoms with Crippen LogP contribution in [0.15, 0.2) is 27.6 Å². The lowest BCUT2D eigenvalue weighted by Crippen LogP contribution is -2.12. The molecular weight excluding hydrogens is 168 g/mol. The lowest BCUT2D eigenvalue weighted by molar-refractivity contribution is 0.185. The molecule has 1 saturated heterocycles. The van der Waals surface area contributed by atoms with E-state index in [9.17, 15) is 4.79 Å². The first-order valence-corrected chi connectivity index (χ1v) is 4.50. The van der Waals surface area contributed by atoms with E-state index in [1.54, 1.807) is 6.07 Å². The monoisotopic (exact) mass is 180 g/mol. The molecule has 1 aliphatic heterocycles. The smallest absolute Gasteiger partial charge is 0.338 e. The molecule has 0 spiro atoms. The minimum Gasteiger partial charge on any atom is -0.431 e. The Balaban J connectivity index is 2.08. The second-order valence-corrected chi connectivity index (χ2v) is 3.36. The van der Waals surface area contributed by atoms with E-state index in [-0.39, 0.29) is 5.63 Å². The molecule has 0 aliphatic carbocycles. The third-order valence-corrected chi connectivity index (χ3v) is 2.35. The van der Waals surface area contributed by atoms with E-state index < -0.39 is 0 Å². The highest BCUT2D eigenvalue weighted by atomic mass is 16.5. The van der Waals surface area contributed by atoms with Gasteiger partial charge in [-0.3, -0.25) is 0 Å². The summed E-state index contributed by atoms with van der Waals surface area (Å²) in [5.41, 5.74) is 0.549. The zero-order valence-electron chi connectivity index (χ0n) is 7.36. The van der Waals surface area contributed by atoms with Gasteiger partial charge in [-0.2, -0.15) is 0 Å². The molecule has 0 saturated carbocycles. The average molecular weight is 180 g/mol. The van der Waals surface area contributed by atoms with Crippen LogP contribution in [0, 0.1) is 5.92 Å². The van der Waals surface area contributed by atoms with Gasteiger partial charge < -0.3 is 9.15 Å². The van der Waals surface area contributed by atoms with Gasteiger partial charge >= 0.3 is 5.63 Å². The molecular formula is C10H12O3. The minimum atomic E-state index is -0.214. The molecule has 70 valence electrons. The van der Waals surface area contributed by atoms with Gasteiger partial charge in [-0.1, -0.05) is 0 Å². The van der Waals surface area contributed by atoms with Crippen LogP contribution < -0.4 is 5.63 Å². The molecule has 1 atom stereocenters. The van der Waals surface area contributed by atoms with Crippen molar-refractivity contribution in [3.63, 3.8) is 0 Å². The summed E-state index contributed by atoms with van der Waals surface area (Å²) in [6.07, 6.45) is 3.24. The predicted molar refractivity (Wildman–Crippen MR) is 47.6 cm³/mol. The van der Waals surface area contributed by atoms with Crippen LogP contribution in [-0.4, -0.2) is 13.2 Å². The van der Waals surface area contributed by atoms with Gasteiger partial charge in [-0.05, 0) is 30.9 Å². The van der Waals surface area contributed by atoms with Crippen molar-refractivity contribution < 1.29 is 9.15 Å². The van der Waals surface area contributed by atoms with Crippen LogP contribution in [0.25, 0.3) is 0 Å². The predicted octanol–water partition coefficient (Wildman–Crippen LogP) is 1.22. The molecule has 1 unspecified atom stereocenters. The van der Waals surface area contributed by atoms with Crippen molar-refractivity contribution in [3.05, 3.63) is 34.4 Å². The summed E-state index contributed by atoms with van der Waals surface area (Å²) in [5, 5.41) is 0. The molecule has 0 radical (unpaired) electrons. The molecule has 1 aromatic heterocycles. The van der Waals surface area contributed by atoms with Crippen LogP contribution in [-0.2, 0) is 11.2 Å². The van der Waals surface area contributed by atoms with Gasteiger partial charge in [0.1, 0.15) is 0 Å². The van der Waals surface area contributed by atoms with Gasteiger partial charge in [0.05, 0.1) is 6.26 Å². The number of rotatable bonds is 2. The standard InChI is InChI=1S/C10H12O3/c11-10-9(2-1-4-13-10)6-8-3-5-12-7-8/h1-2,4,8H,3,5-7H2. The fourth-order valence-corrected chi connectivity index (χ4v) is 1.61. The lowest BCUT2D eigenvalue weighted by atomic mass is 10.0. The topological polar surface area (TPSA) is 39.4 Å². The highest BCUT2D eigenvalue weighted by molar-refractivity contribution is 5.07. The normalized spacial score (nSPS) is 22.0. The van der Waals surface area contributed by atoms with Crippen LogP contribution in [0.2, 0.25) is 0 Å². The first kappa shape index (κ1) is 8.51. The zero-order chi connectivity index (χ0) is 9.10. The molecule has 0 bridgehead atoms. The SMILES string of the molecule is O=c1occcc1CC1CCOC1. The van der Waals surface area contributed by atoms with Gasteiger partial charge in [0.15, 0.2) is 0 Å². The summed E-state index contributed by atoms with van der Waals surface area (Å²) in [6.45, 7) is 1.59. The van der Waals surface area contributed by atoms with E-state index in [1.807, 2.05) is 6.07 Å². The van der Waals surface area contributed by atoms with E-state index in [0.717, 1.165) is 31.6 Å². The largest absolute Gasteiger partial charge is 0.431 e. The van der Waals surface area contributed by atoms with E-state index >= 15 is 0 Å². The van der Waals surface area contributed by atoms with Crippen LogP contribution in [0.4, 0.5) is 0 Å². The third-order valence-electron chi connectivity index (χ3n) is 2.35. The Hall–Kier alpha value is -1.09. The molecule has 3 heteroatoms. The van der Waals surface area contributed by atoms with Crippen molar-refractivity contribution >= 4 is 0 Å². The van der Waals surface area contributed by atoms with Crippen LogP contribution >= 0.6 is 0 Å². The van der Waals surface area contributed by atoms with E-state index in [1.165, 1.54) is 6.26 Å². The van der Waals surface area contributed by atoms with Crippen molar-refractivity contribution in [2.24, 2.45) is 5.92 Å². The molecule has 0 amide bonds. The number of hydrogen-bond acceptors (Lipinski definition) is 3. The fourth-order valence-electron chi connectivity index (χ4n) is 1.61. The zero-order valence-corrected chi connectivity index (χ0v) is 7.36. The van der Waals surface area contributed by atoms with Crippen LogP contribution in [0.5, 0.6) is 0 Å². The molecule has 2 rings (SSSR count). The van der Waals surface area contributed by atoms with Crippen LogP contribution in [0.3, 0.4) is 0 Å². The maximum Gasteiger partial charge on any atom is 0.338 e. The summed E-state index contributed by atoms with van der Waals surface area (Å²) in [6, 6.07) is 3.58. The summed E-state index contributed by atoms with van der Waals surface area (Å²) < 4.78 is 10.0. The van der Waals surface area contributed by atoms with Crippen molar-refractivity contribution in [2.75, 3.05) is 13.2 Å². The van der Waals surface area contributed by atoms with Gasteiger partial charge in [0.25, 0.3) is 0 Å². The summed E-state index contributed by atoms with van der Waals surface area (Å²) >= 11 is 0. The van der Waals surface area contributed by atoms with E-state index in [2.05, 4.69) is 0 Å². The van der Waals surface area contributed by atoms with Gasteiger partial charge in [-0.25, -0.2) is 4.79 Å². The Morgan fingerprint density at radius 3 is 3.15 bits per heavy atom. The molecule has 0 N–H and O–H groups in total. The molecule has 1 fully saturated rings. The third kappa shape index (κ3) is 1.98. The number of ether oxygens (including phenoxy) is 1. The summed E-state index contributed by atoms with van der Waals surface area (Å²) in [7, 11) is 0. The Morgan fingerprint density at radius 1 is 1.54 bits per heavy atom. The van der Waals surface area contributed by atoms with Gasteiger partial charge in [0.2, 0.25) is 0 Å². The molecule has 13 heavy (non-hydrogen) atoms. The maximum atomic E-state index is 11.2. The molecule has 3 nitrogen and oxygen atoms in total. The first-order valence-electron chi connectivity index (χ1n) is 4.50. The highest BCUT2D eigenvalue weighted by Gasteiger charge is 2.17. The van der Waals surface area contributed by atoms with Crippen molar-refractivity contribution in [1.29, 1.82) is 0 Å². The Kier molecular flexibility index (Phi) is 2.45. The van der Waals surface area contributed by atoms with Crippen molar-refractivity contribution in [1.82, 2.24) is 0 Å². The first-order chi connectivity index (χ1) is 6.36. The van der Waals surface area contributed by atoms with Crippen molar-refractivity contribution in [2.45, 2.75) is 12.8 Å². The maximum absolute atomic E-state index is 11.2. The minimum absolute atomic E-state index is 0.214. The molecule has 1 aromatic rings. The number of hydrogen-bond donors (Lipinski definition) is 0. The Bertz CT molecular complexity index is 323. The van der Waals surface area contributed by atoms with E-state index in [4.69, 9.17) is 9.15 Å². The van der Waals surface area contributed by atoms with E-state index in [0.29, 0.717) is 5.92 Å². The summed E-state index contributed by atoms with van der Waals surface area (Å²) in [5.74, 6) is 0.491. The fraction of sp³-hybridized carbons (Fsp3) is 0.500. The lowest BCUT2D eigenvalue weighted by Gasteiger charge is -2.04. The summed E-state index contributed by atoms with van der Waals surface area (Å²) in [4.78, 5) is 11.2. The van der Waals surface area contributed by atoms with Crippen LogP contribution in [0.1, 0.15) is 12.0 Å². The molecule has 2 heterocycles. The highest BCUT2D eigenvalue weighted by Crippen LogP contribution is 2.16. The second kappa shape index (κ2) is 3.75. The Labute approximate surface area is 76.3 Å². The van der Waals surface area contributed by atoms with Gasteiger partial charge in [0, 0.05) is 18.8 Å². The quantitative estimate of drug-likeness (QED) is 0.687. The van der Waals surface area contributed by atoms with Crippen molar-refractivity contribution in [3.8, 4) is 0 Å². The second-order valence-electron chi connectivity index (χ2n) is 3.36. The molecule has 0 aromatic carbocycles. The average Bonchev–Trinajstić information content (AvgIpc) is 2.61. The Morgan fingerprint density at radius 2 is 2.46 bits per heavy atom.